The fourth-order valence-electron chi connectivity index (χ4n) is 8.46. The van der Waals surface area contributed by atoms with Gasteiger partial charge in [0.2, 0.25) is 0 Å². The van der Waals surface area contributed by atoms with E-state index in [1.807, 2.05) is 0 Å². The molecule has 0 rings (SSSR count). The molecule has 0 fully saturated rings. The molecule has 2 unspecified atom stereocenters. The highest BCUT2D eigenvalue weighted by molar-refractivity contribution is 5.71. The predicted molar refractivity (Wildman–Crippen MR) is 266 cm³/mol. The van der Waals surface area contributed by atoms with Crippen molar-refractivity contribution in [1.82, 2.24) is 0 Å². The first-order valence-electron chi connectivity index (χ1n) is 27.8. The summed E-state index contributed by atoms with van der Waals surface area (Å²) in [5.74, 6) is 0.920. The molecule has 0 aliphatic heterocycles. The minimum Gasteiger partial charge on any atom is -0.462 e. The summed E-state index contributed by atoms with van der Waals surface area (Å²) in [6, 6.07) is 0. The van der Waals surface area contributed by atoms with Crippen molar-refractivity contribution in [1.29, 1.82) is 0 Å². The van der Waals surface area contributed by atoms with E-state index in [9.17, 15) is 14.4 Å². The van der Waals surface area contributed by atoms with Crippen molar-refractivity contribution in [3.05, 3.63) is 0 Å². The molecule has 6 nitrogen and oxygen atoms in total. The van der Waals surface area contributed by atoms with Crippen LogP contribution in [0, 0.1) is 11.8 Å². The molecule has 0 radical (unpaired) electrons. The lowest BCUT2D eigenvalue weighted by molar-refractivity contribution is -0.167. The number of ether oxygens (including phenoxy) is 3. The zero-order valence-corrected chi connectivity index (χ0v) is 42.5. The number of unbranched alkanes of at least 4 members (excludes halogenated alkanes) is 33. The monoisotopic (exact) mass is 877 g/mol. The molecular formula is C56H108O6. The zero-order chi connectivity index (χ0) is 45.4. The van der Waals surface area contributed by atoms with E-state index in [4.69, 9.17) is 14.2 Å². The average molecular weight is 877 g/mol. The number of carbonyl (C=O) groups is 3. The van der Waals surface area contributed by atoms with Crippen LogP contribution in [-0.4, -0.2) is 37.2 Å². The Morgan fingerprint density at radius 1 is 0.323 bits per heavy atom. The standard InChI is InChI=1S/C56H108O6/c1-6-9-10-11-12-13-14-20-26-31-36-41-46-54(57)60-49-53(62-56(59)48-43-38-33-28-23-22-25-30-35-40-45-52(5)8-3)50-61-55(58)47-42-37-32-27-21-18-16-15-17-19-24-29-34-39-44-51(4)7-2/h51-53H,6-50H2,1-5H3/t51?,52?,53-/m0/s1. The summed E-state index contributed by atoms with van der Waals surface area (Å²) in [4.78, 5) is 38.0. The van der Waals surface area contributed by atoms with Crippen LogP contribution >= 0.6 is 0 Å². The summed E-state index contributed by atoms with van der Waals surface area (Å²) >= 11 is 0. The summed E-state index contributed by atoms with van der Waals surface area (Å²) in [7, 11) is 0. The Labute approximate surface area is 387 Å². The van der Waals surface area contributed by atoms with E-state index >= 15 is 0 Å². The van der Waals surface area contributed by atoms with Crippen molar-refractivity contribution in [3.63, 3.8) is 0 Å². The van der Waals surface area contributed by atoms with Crippen LogP contribution in [0.1, 0.15) is 311 Å². The van der Waals surface area contributed by atoms with Crippen LogP contribution in [0.3, 0.4) is 0 Å². The summed E-state index contributed by atoms with van der Waals surface area (Å²) < 4.78 is 16.9. The van der Waals surface area contributed by atoms with Crippen LogP contribution in [0.25, 0.3) is 0 Å². The van der Waals surface area contributed by atoms with Crippen LogP contribution in [-0.2, 0) is 28.6 Å². The van der Waals surface area contributed by atoms with Gasteiger partial charge >= 0.3 is 17.9 Å². The van der Waals surface area contributed by atoms with Gasteiger partial charge in [0.05, 0.1) is 0 Å². The van der Waals surface area contributed by atoms with Gasteiger partial charge in [-0.25, -0.2) is 0 Å². The number of hydrogen-bond acceptors (Lipinski definition) is 6. The van der Waals surface area contributed by atoms with Gasteiger partial charge in [-0.1, -0.05) is 272 Å². The number of esters is 3. The Morgan fingerprint density at radius 2 is 0.565 bits per heavy atom. The molecule has 0 saturated heterocycles. The molecule has 0 aliphatic carbocycles. The fraction of sp³-hybridized carbons (Fsp3) is 0.946. The molecule has 0 aromatic heterocycles. The van der Waals surface area contributed by atoms with Gasteiger partial charge in [0.25, 0.3) is 0 Å². The lowest BCUT2D eigenvalue weighted by Crippen LogP contribution is -2.30. The first-order valence-corrected chi connectivity index (χ1v) is 27.8. The van der Waals surface area contributed by atoms with Crippen molar-refractivity contribution in [2.45, 2.75) is 317 Å². The molecule has 0 N–H and O–H groups in total. The smallest absolute Gasteiger partial charge is 0.306 e. The van der Waals surface area contributed by atoms with E-state index in [-0.39, 0.29) is 31.1 Å². The maximum atomic E-state index is 12.8. The quantitative estimate of drug-likeness (QED) is 0.0344. The van der Waals surface area contributed by atoms with Crippen LogP contribution in [0.4, 0.5) is 0 Å². The van der Waals surface area contributed by atoms with E-state index in [2.05, 4.69) is 34.6 Å². The summed E-state index contributed by atoms with van der Waals surface area (Å²) in [6.07, 6.45) is 50.7. The van der Waals surface area contributed by atoms with Crippen molar-refractivity contribution >= 4 is 17.9 Å². The molecule has 0 heterocycles. The van der Waals surface area contributed by atoms with Gasteiger partial charge in [0.15, 0.2) is 6.10 Å². The molecule has 0 amide bonds. The minimum absolute atomic E-state index is 0.0632. The highest BCUT2D eigenvalue weighted by Crippen LogP contribution is 2.19. The summed E-state index contributed by atoms with van der Waals surface area (Å²) in [5.41, 5.74) is 0. The second-order valence-corrected chi connectivity index (χ2v) is 19.7. The van der Waals surface area contributed by atoms with Gasteiger partial charge in [0.1, 0.15) is 13.2 Å². The van der Waals surface area contributed by atoms with Crippen LogP contribution < -0.4 is 0 Å². The lowest BCUT2D eigenvalue weighted by Gasteiger charge is -2.18. The Bertz CT molecular complexity index is 951. The number of rotatable bonds is 50. The van der Waals surface area contributed by atoms with Crippen LogP contribution in [0.5, 0.6) is 0 Å². The van der Waals surface area contributed by atoms with Crippen molar-refractivity contribution in [3.8, 4) is 0 Å². The first kappa shape index (κ1) is 60.4. The normalized spacial score (nSPS) is 12.9. The Balaban J connectivity index is 4.29. The van der Waals surface area contributed by atoms with Crippen LogP contribution in [0.15, 0.2) is 0 Å². The highest BCUT2D eigenvalue weighted by atomic mass is 16.6. The van der Waals surface area contributed by atoms with Crippen molar-refractivity contribution in [2.24, 2.45) is 11.8 Å². The topological polar surface area (TPSA) is 78.9 Å². The molecule has 0 bridgehead atoms. The highest BCUT2D eigenvalue weighted by Gasteiger charge is 2.19. The molecule has 0 aromatic rings. The minimum atomic E-state index is -0.762. The van der Waals surface area contributed by atoms with E-state index in [1.54, 1.807) is 0 Å². The fourth-order valence-corrected chi connectivity index (χ4v) is 8.46. The molecule has 3 atom stereocenters. The van der Waals surface area contributed by atoms with Gasteiger partial charge in [-0.15, -0.1) is 0 Å². The SMILES string of the molecule is CCCCCCCCCCCCCCC(=O)OC[C@@H](COC(=O)CCCCCCCCCCCCCCCCC(C)CC)OC(=O)CCCCCCCCCCCCC(C)CC. The van der Waals surface area contributed by atoms with Crippen molar-refractivity contribution in [2.75, 3.05) is 13.2 Å². The van der Waals surface area contributed by atoms with Gasteiger partial charge in [0, 0.05) is 19.3 Å². The van der Waals surface area contributed by atoms with E-state index in [1.165, 1.54) is 199 Å². The maximum Gasteiger partial charge on any atom is 0.306 e. The third-order valence-corrected chi connectivity index (χ3v) is 13.4. The maximum absolute atomic E-state index is 12.8. The predicted octanol–water partition coefficient (Wildman–Crippen LogP) is 18.1. The zero-order valence-electron chi connectivity index (χ0n) is 42.5. The summed E-state index contributed by atoms with van der Waals surface area (Å²) in [5, 5.41) is 0. The molecule has 0 aromatic carbocycles. The number of hydrogen-bond donors (Lipinski definition) is 0. The molecule has 0 spiro atoms. The second-order valence-electron chi connectivity index (χ2n) is 19.7. The van der Waals surface area contributed by atoms with Crippen LogP contribution in [0.2, 0.25) is 0 Å². The average Bonchev–Trinajstić information content (AvgIpc) is 3.27. The summed E-state index contributed by atoms with van der Waals surface area (Å²) in [6.45, 7) is 11.5. The second kappa shape index (κ2) is 48.9. The first-order chi connectivity index (χ1) is 30.3. The Hall–Kier alpha value is -1.59. The lowest BCUT2D eigenvalue weighted by atomic mass is 9.99. The molecule has 6 heteroatoms. The van der Waals surface area contributed by atoms with E-state index in [0.717, 1.165) is 69.6 Å². The van der Waals surface area contributed by atoms with Gasteiger partial charge < -0.3 is 14.2 Å². The third kappa shape index (κ3) is 46.4. The molecule has 62 heavy (non-hydrogen) atoms. The van der Waals surface area contributed by atoms with Gasteiger partial charge in [-0.2, -0.15) is 0 Å². The molecule has 0 saturated carbocycles. The Kier molecular flexibility index (Phi) is 47.6. The number of carbonyl (C=O) groups excluding carboxylic acids is 3. The molecule has 0 aliphatic rings. The van der Waals surface area contributed by atoms with E-state index in [0.29, 0.717) is 19.3 Å². The Morgan fingerprint density at radius 3 is 0.839 bits per heavy atom. The molecule has 368 valence electrons. The van der Waals surface area contributed by atoms with Gasteiger partial charge in [-0.3, -0.25) is 14.4 Å². The van der Waals surface area contributed by atoms with Gasteiger partial charge in [-0.05, 0) is 31.1 Å². The van der Waals surface area contributed by atoms with Crippen molar-refractivity contribution < 1.29 is 28.6 Å². The molecular weight excluding hydrogens is 769 g/mol. The largest absolute Gasteiger partial charge is 0.462 e. The third-order valence-electron chi connectivity index (χ3n) is 13.4. The van der Waals surface area contributed by atoms with E-state index < -0.39 is 6.10 Å².